The van der Waals surface area contributed by atoms with Crippen LogP contribution in [0.4, 0.5) is 0 Å². The van der Waals surface area contributed by atoms with Gasteiger partial charge in [-0.25, -0.2) is 0 Å². The predicted octanol–water partition coefficient (Wildman–Crippen LogP) is 9.24. The third kappa shape index (κ3) is 13.4. The molecule has 2 aromatic carbocycles. The highest BCUT2D eigenvalue weighted by molar-refractivity contribution is 7.98. The maximum atomic E-state index is 12.4. The smallest absolute Gasteiger partial charge is 0.252 e. The topological polar surface area (TPSA) is 38.3 Å². The van der Waals surface area contributed by atoms with Gasteiger partial charge < -0.3 is 10.1 Å². The van der Waals surface area contributed by atoms with Crippen LogP contribution in [0.1, 0.15) is 113 Å². The molecule has 2 aromatic rings. The molecule has 0 unspecified atom stereocenters. The second-order valence-corrected chi connectivity index (χ2v) is 10.6. The molecule has 0 aliphatic carbocycles. The monoisotopic (exact) mass is 511 g/mol. The molecule has 0 aromatic heterocycles. The van der Waals surface area contributed by atoms with Crippen LogP contribution < -0.4 is 10.1 Å². The van der Waals surface area contributed by atoms with Gasteiger partial charge in [-0.1, -0.05) is 108 Å². The molecule has 1 N–H and O–H groups in total. The van der Waals surface area contributed by atoms with Crippen LogP contribution in [0.2, 0.25) is 0 Å². The number of thioether (sulfide) groups is 1. The summed E-state index contributed by atoms with van der Waals surface area (Å²) in [6.45, 7) is 3.50. The summed E-state index contributed by atoms with van der Waals surface area (Å²) in [6.07, 6.45) is 22.0. The van der Waals surface area contributed by atoms with E-state index in [9.17, 15) is 4.79 Å². The van der Waals surface area contributed by atoms with E-state index in [1.54, 1.807) is 11.8 Å². The molecule has 0 fully saturated rings. The number of ether oxygens (including phenoxy) is 1. The van der Waals surface area contributed by atoms with Crippen molar-refractivity contribution in [3.8, 4) is 5.75 Å². The summed E-state index contributed by atoms with van der Waals surface area (Å²) < 4.78 is 5.94. The van der Waals surface area contributed by atoms with E-state index in [4.69, 9.17) is 4.74 Å². The van der Waals surface area contributed by atoms with Crippen molar-refractivity contribution in [1.82, 2.24) is 5.32 Å². The van der Waals surface area contributed by atoms with E-state index < -0.39 is 0 Å². The van der Waals surface area contributed by atoms with Gasteiger partial charge in [-0.2, -0.15) is 0 Å². The van der Waals surface area contributed by atoms with Crippen LogP contribution in [-0.4, -0.2) is 25.3 Å². The summed E-state index contributed by atoms with van der Waals surface area (Å²) in [5.74, 6) is 0.918. The Morgan fingerprint density at radius 2 is 1.42 bits per heavy atom. The van der Waals surface area contributed by atoms with Crippen LogP contribution in [-0.2, 0) is 6.42 Å². The van der Waals surface area contributed by atoms with Gasteiger partial charge in [0.15, 0.2) is 0 Å². The lowest BCUT2D eigenvalue weighted by atomic mass is 10.0. The molecule has 3 nitrogen and oxygen atoms in total. The maximum absolute atomic E-state index is 12.4. The Bertz CT molecular complexity index is 838. The lowest BCUT2D eigenvalue weighted by molar-refractivity contribution is 0.0948. The molecule has 4 heteroatoms. The van der Waals surface area contributed by atoms with Crippen LogP contribution in [0.5, 0.6) is 5.75 Å². The Morgan fingerprint density at radius 1 is 0.778 bits per heavy atom. The number of amides is 1. The SMILES string of the molecule is CCCCCCCCCCCCCCCc1cccc(OCCCNC(=O)c2ccccc2SC)c1. The van der Waals surface area contributed by atoms with Crippen LogP contribution in [0.25, 0.3) is 0 Å². The average molecular weight is 512 g/mol. The Morgan fingerprint density at radius 3 is 2.08 bits per heavy atom. The molecular weight excluding hydrogens is 462 g/mol. The number of aryl methyl sites for hydroxylation is 1. The van der Waals surface area contributed by atoms with E-state index in [0.29, 0.717) is 13.2 Å². The molecule has 0 aliphatic heterocycles. The Hall–Kier alpha value is -1.94. The number of hydrogen-bond acceptors (Lipinski definition) is 3. The molecule has 1 amide bonds. The van der Waals surface area contributed by atoms with E-state index >= 15 is 0 Å². The van der Waals surface area contributed by atoms with Gasteiger partial charge in [0.1, 0.15) is 5.75 Å². The number of nitrogens with one attached hydrogen (secondary N) is 1. The first kappa shape index (κ1) is 30.3. The fourth-order valence-corrected chi connectivity index (χ4v) is 5.12. The maximum Gasteiger partial charge on any atom is 0.252 e. The second-order valence-electron chi connectivity index (χ2n) is 9.80. The molecule has 0 saturated heterocycles. The third-order valence-corrected chi connectivity index (χ3v) is 7.49. The Kier molecular flexibility index (Phi) is 17.0. The van der Waals surface area contributed by atoms with Crippen molar-refractivity contribution in [2.75, 3.05) is 19.4 Å². The van der Waals surface area contributed by atoms with Gasteiger partial charge >= 0.3 is 0 Å². The highest BCUT2D eigenvalue weighted by atomic mass is 32.2. The normalized spacial score (nSPS) is 10.9. The van der Waals surface area contributed by atoms with Crippen molar-refractivity contribution < 1.29 is 9.53 Å². The first-order chi connectivity index (χ1) is 17.7. The van der Waals surface area contributed by atoms with Crippen molar-refractivity contribution in [1.29, 1.82) is 0 Å². The fraction of sp³-hybridized carbons (Fsp3) is 0.594. The Balaban J connectivity index is 1.49. The average Bonchev–Trinajstić information content (AvgIpc) is 2.91. The number of unbranched alkanes of at least 4 members (excludes halogenated alkanes) is 12. The van der Waals surface area contributed by atoms with E-state index in [1.807, 2.05) is 36.6 Å². The molecule has 2 rings (SSSR count). The van der Waals surface area contributed by atoms with Crippen molar-refractivity contribution >= 4 is 17.7 Å². The molecule has 0 aliphatic rings. The molecule has 0 radical (unpaired) electrons. The zero-order chi connectivity index (χ0) is 25.7. The number of carbonyl (C=O) groups excluding carboxylic acids is 1. The largest absolute Gasteiger partial charge is 0.494 e. The fourth-order valence-electron chi connectivity index (χ4n) is 4.53. The van der Waals surface area contributed by atoms with Crippen molar-refractivity contribution in [3.63, 3.8) is 0 Å². The minimum absolute atomic E-state index is 0.0141. The van der Waals surface area contributed by atoms with Crippen LogP contribution in [0, 0.1) is 0 Å². The third-order valence-electron chi connectivity index (χ3n) is 6.69. The number of benzene rings is 2. The van der Waals surface area contributed by atoms with Crippen LogP contribution in [0.15, 0.2) is 53.4 Å². The lowest BCUT2D eigenvalue weighted by Gasteiger charge is -2.10. The van der Waals surface area contributed by atoms with Crippen molar-refractivity contribution in [3.05, 3.63) is 59.7 Å². The standard InChI is InChI=1S/C32H49NO2S/c1-3-4-5-6-7-8-9-10-11-12-13-14-15-20-28-21-18-22-29(27-28)35-26-19-25-33-32(34)30-23-16-17-24-31(30)36-2/h16-18,21-24,27H,3-15,19-20,25-26H2,1-2H3,(H,33,34). The van der Waals surface area contributed by atoms with E-state index in [2.05, 4.69) is 30.4 Å². The first-order valence-electron chi connectivity index (χ1n) is 14.4. The summed E-state index contributed by atoms with van der Waals surface area (Å²) in [5, 5.41) is 3.01. The zero-order valence-electron chi connectivity index (χ0n) is 22.9. The molecule has 0 heterocycles. The molecule has 0 bridgehead atoms. The van der Waals surface area contributed by atoms with Crippen LogP contribution >= 0.6 is 11.8 Å². The highest BCUT2D eigenvalue weighted by Gasteiger charge is 2.09. The predicted molar refractivity (Wildman–Crippen MR) is 157 cm³/mol. The summed E-state index contributed by atoms with van der Waals surface area (Å²) in [7, 11) is 0. The number of hydrogen-bond donors (Lipinski definition) is 1. The summed E-state index contributed by atoms with van der Waals surface area (Å²) >= 11 is 1.60. The van der Waals surface area contributed by atoms with E-state index in [1.165, 1.54) is 89.0 Å². The molecule has 0 saturated carbocycles. The van der Waals surface area contributed by atoms with Gasteiger partial charge in [0.25, 0.3) is 5.91 Å². The highest BCUT2D eigenvalue weighted by Crippen LogP contribution is 2.20. The molecule has 0 atom stereocenters. The minimum Gasteiger partial charge on any atom is -0.494 e. The van der Waals surface area contributed by atoms with Crippen LogP contribution in [0.3, 0.4) is 0 Å². The van der Waals surface area contributed by atoms with E-state index in [0.717, 1.165) is 29.1 Å². The van der Waals surface area contributed by atoms with E-state index in [-0.39, 0.29) is 5.91 Å². The molecular formula is C32H49NO2S. The van der Waals surface area contributed by atoms with Crippen molar-refractivity contribution in [2.45, 2.75) is 108 Å². The van der Waals surface area contributed by atoms with Crippen molar-refractivity contribution in [2.24, 2.45) is 0 Å². The Labute approximate surface area is 225 Å². The zero-order valence-corrected chi connectivity index (χ0v) is 23.7. The second kappa shape index (κ2) is 20.2. The van der Waals surface area contributed by atoms with Gasteiger partial charge in [0, 0.05) is 11.4 Å². The van der Waals surface area contributed by atoms with Gasteiger partial charge in [-0.15, -0.1) is 11.8 Å². The lowest BCUT2D eigenvalue weighted by Crippen LogP contribution is -2.26. The summed E-state index contributed by atoms with van der Waals surface area (Å²) in [6, 6.07) is 16.2. The molecule has 200 valence electrons. The summed E-state index contributed by atoms with van der Waals surface area (Å²) in [5.41, 5.74) is 2.10. The van der Waals surface area contributed by atoms with Gasteiger partial charge in [0.05, 0.1) is 12.2 Å². The number of carbonyl (C=O) groups is 1. The quantitative estimate of drug-likeness (QED) is 0.134. The molecule has 36 heavy (non-hydrogen) atoms. The van der Waals surface area contributed by atoms with Gasteiger partial charge in [-0.3, -0.25) is 4.79 Å². The van der Waals surface area contributed by atoms with Gasteiger partial charge in [-0.05, 0) is 55.3 Å². The summed E-state index contributed by atoms with van der Waals surface area (Å²) in [4.78, 5) is 13.4. The molecule has 0 spiro atoms. The first-order valence-corrected chi connectivity index (χ1v) is 15.6. The number of rotatable bonds is 21. The van der Waals surface area contributed by atoms with Gasteiger partial charge in [0.2, 0.25) is 0 Å². The minimum atomic E-state index is -0.0141.